The fraction of sp³-hybridized carbons (Fsp3) is 0.867. The summed E-state index contributed by atoms with van der Waals surface area (Å²) in [5.74, 6) is 2.75. The summed E-state index contributed by atoms with van der Waals surface area (Å²) in [5, 5.41) is 0. The van der Waals surface area contributed by atoms with Crippen molar-refractivity contribution >= 4 is 22.6 Å². The van der Waals surface area contributed by atoms with Crippen molar-refractivity contribution in [3.63, 3.8) is 0 Å². The van der Waals surface area contributed by atoms with Gasteiger partial charge < -0.3 is 0 Å². The van der Waals surface area contributed by atoms with Gasteiger partial charge in [0.2, 0.25) is 0 Å². The Kier molecular flexibility index (Phi) is 4.03. The quantitative estimate of drug-likeness (QED) is 0.369. The van der Waals surface area contributed by atoms with Gasteiger partial charge in [-0.05, 0) is 55.3 Å². The fourth-order valence-corrected chi connectivity index (χ4v) is 5.28. The maximum Gasteiger partial charge on any atom is 0.00320 e. The van der Waals surface area contributed by atoms with Crippen molar-refractivity contribution in [2.75, 3.05) is 4.43 Å². The number of hydrogen-bond donors (Lipinski definition) is 0. The molecule has 3 atom stereocenters. The number of hydrogen-bond acceptors (Lipinski definition) is 0. The lowest BCUT2D eigenvalue weighted by Crippen LogP contribution is -2.36. The largest absolute Gasteiger partial charge is 0.0993 e. The monoisotopic (exact) mass is 332 g/mol. The first-order valence-electron chi connectivity index (χ1n) is 6.84. The second-order valence-corrected chi connectivity index (χ2v) is 7.13. The zero-order valence-electron chi connectivity index (χ0n) is 10.8. The number of allylic oxidation sites excluding steroid dienone is 1. The third-order valence-corrected chi connectivity index (χ3v) is 6.30. The van der Waals surface area contributed by atoms with E-state index in [-0.39, 0.29) is 0 Å². The summed E-state index contributed by atoms with van der Waals surface area (Å²) in [7, 11) is 0. The Balaban J connectivity index is 2.19. The first-order valence-corrected chi connectivity index (χ1v) is 8.37. The van der Waals surface area contributed by atoms with Gasteiger partial charge in [0.25, 0.3) is 0 Å². The van der Waals surface area contributed by atoms with Crippen molar-refractivity contribution in [1.82, 2.24) is 0 Å². The second kappa shape index (κ2) is 4.99. The third-order valence-electron chi connectivity index (χ3n) is 5.23. The molecule has 1 spiro atoms. The molecule has 0 N–H and O–H groups in total. The van der Waals surface area contributed by atoms with E-state index in [1.165, 1.54) is 43.0 Å². The van der Waals surface area contributed by atoms with Crippen LogP contribution in [0.4, 0.5) is 0 Å². The van der Waals surface area contributed by atoms with Gasteiger partial charge in [-0.3, -0.25) is 0 Å². The summed E-state index contributed by atoms with van der Waals surface area (Å²) in [5.41, 5.74) is 2.15. The van der Waals surface area contributed by atoms with Crippen LogP contribution in [0.5, 0.6) is 0 Å². The molecule has 16 heavy (non-hydrogen) atoms. The van der Waals surface area contributed by atoms with E-state index in [1.807, 2.05) is 0 Å². The van der Waals surface area contributed by atoms with Crippen LogP contribution in [0.2, 0.25) is 0 Å². The Morgan fingerprint density at radius 3 is 2.81 bits per heavy atom. The van der Waals surface area contributed by atoms with Crippen LogP contribution in [0.25, 0.3) is 0 Å². The van der Waals surface area contributed by atoms with Crippen LogP contribution in [0, 0.1) is 23.2 Å². The minimum atomic E-state index is 0.550. The second-order valence-electron chi connectivity index (χ2n) is 6.25. The smallest absolute Gasteiger partial charge is 0.00320 e. The Hall–Kier alpha value is 0.470. The van der Waals surface area contributed by atoms with E-state index in [1.54, 1.807) is 5.57 Å². The van der Waals surface area contributed by atoms with Gasteiger partial charge in [0.05, 0.1) is 0 Å². The Morgan fingerprint density at radius 2 is 2.19 bits per heavy atom. The molecule has 0 aromatic heterocycles. The molecule has 2 fully saturated rings. The summed E-state index contributed by atoms with van der Waals surface area (Å²) in [6.07, 6.45) is 8.46. The molecular formula is C15H25I. The molecule has 0 nitrogen and oxygen atoms in total. The Labute approximate surface area is 114 Å². The molecule has 0 aromatic carbocycles. The maximum atomic E-state index is 4.44. The standard InChI is InChI=1S/C15H25I/c1-11(2)13-7-6-12(3)15(9-13)8-4-5-14(15)10-16/h11,13-14H,3-10H2,1-2H3/t13-,14+,15+/m0/s1. The molecule has 0 radical (unpaired) electrons. The van der Waals surface area contributed by atoms with Gasteiger partial charge >= 0.3 is 0 Å². The lowest BCUT2D eigenvalue weighted by atomic mass is 9.60. The highest BCUT2D eigenvalue weighted by molar-refractivity contribution is 14.1. The highest BCUT2D eigenvalue weighted by Crippen LogP contribution is 2.57. The lowest BCUT2D eigenvalue weighted by molar-refractivity contribution is 0.140. The van der Waals surface area contributed by atoms with Crippen LogP contribution in [0.1, 0.15) is 52.4 Å². The van der Waals surface area contributed by atoms with Crippen molar-refractivity contribution in [2.45, 2.75) is 52.4 Å². The maximum absolute atomic E-state index is 4.44. The van der Waals surface area contributed by atoms with E-state index in [9.17, 15) is 0 Å². The highest BCUT2D eigenvalue weighted by atomic mass is 127. The summed E-state index contributed by atoms with van der Waals surface area (Å²) in [6, 6.07) is 0. The van der Waals surface area contributed by atoms with Gasteiger partial charge in [0.1, 0.15) is 0 Å². The van der Waals surface area contributed by atoms with Crippen molar-refractivity contribution in [2.24, 2.45) is 23.2 Å². The zero-order chi connectivity index (χ0) is 11.8. The molecule has 92 valence electrons. The van der Waals surface area contributed by atoms with Gasteiger partial charge in [-0.25, -0.2) is 0 Å². The van der Waals surface area contributed by atoms with Crippen LogP contribution >= 0.6 is 22.6 Å². The minimum absolute atomic E-state index is 0.550. The summed E-state index contributed by atoms with van der Waals surface area (Å²) >= 11 is 2.60. The molecule has 0 heterocycles. The molecule has 0 amide bonds. The van der Waals surface area contributed by atoms with Crippen molar-refractivity contribution in [1.29, 1.82) is 0 Å². The molecule has 0 aromatic rings. The van der Waals surface area contributed by atoms with E-state index in [0.29, 0.717) is 5.41 Å². The Morgan fingerprint density at radius 1 is 1.44 bits per heavy atom. The number of rotatable bonds is 2. The first-order chi connectivity index (χ1) is 7.60. The normalized spacial score (nSPS) is 39.9. The van der Waals surface area contributed by atoms with E-state index in [4.69, 9.17) is 0 Å². The molecule has 0 bridgehead atoms. The Bertz CT molecular complexity index is 269. The van der Waals surface area contributed by atoms with Gasteiger partial charge in [0.15, 0.2) is 0 Å². The molecule has 2 rings (SSSR count). The molecule has 0 aliphatic heterocycles. The van der Waals surface area contributed by atoms with Crippen LogP contribution in [-0.2, 0) is 0 Å². The van der Waals surface area contributed by atoms with Crippen molar-refractivity contribution < 1.29 is 0 Å². The SMILES string of the molecule is C=C1CC[C@H](C(C)C)C[C@]12CCC[C@@H]2CI. The molecule has 2 aliphatic rings. The van der Waals surface area contributed by atoms with Crippen molar-refractivity contribution in [3.05, 3.63) is 12.2 Å². The van der Waals surface area contributed by atoms with E-state index < -0.39 is 0 Å². The average molecular weight is 332 g/mol. The summed E-state index contributed by atoms with van der Waals surface area (Å²) in [4.78, 5) is 0. The first kappa shape index (κ1) is 12.9. The highest BCUT2D eigenvalue weighted by Gasteiger charge is 2.47. The number of halogens is 1. The van der Waals surface area contributed by atoms with Crippen LogP contribution < -0.4 is 0 Å². The van der Waals surface area contributed by atoms with E-state index in [2.05, 4.69) is 43.0 Å². The third kappa shape index (κ3) is 2.09. The number of alkyl halides is 1. The summed E-state index contributed by atoms with van der Waals surface area (Å²) < 4.78 is 1.33. The molecule has 2 aliphatic carbocycles. The average Bonchev–Trinajstić information content (AvgIpc) is 2.66. The molecule has 0 unspecified atom stereocenters. The van der Waals surface area contributed by atoms with Gasteiger partial charge in [-0.1, -0.05) is 55.0 Å². The zero-order valence-corrected chi connectivity index (χ0v) is 12.9. The van der Waals surface area contributed by atoms with E-state index in [0.717, 1.165) is 17.8 Å². The predicted molar refractivity (Wildman–Crippen MR) is 80.0 cm³/mol. The minimum Gasteiger partial charge on any atom is -0.0993 e. The molecule has 2 saturated carbocycles. The van der Waals surface area contributed by atoms with Gasteiger partial charge in [0, 0.05) is 4.43 Å². The van der Waals surface area contributed by atoms with Crippen molar-refractivity contribution in [3.8, 4) is 0 Å². The lowest BCUT2D eigenvalue weighted by Gasteiger charge is -2.45. The van der Waals surface area contributed by atoms with Gasteiger partial charge in [-0.2, -0.15) is 0 Å². The summed E-state index contributed by atoms with van der Waals surface area (Å²) in [6.45, 7) is 9.24. The fourth-order valence-electron chi connectivity index (χ4n) is 4.00. The molecule has 0 saturated heterocycles. The van der Waals surface area contributed by atoms with Crippen LogP contribution in [0.3, 0.4) is 0 Å². The van der Waals surface area contributed by atoms with Gasteiger partial charge in [-0.15, -0.1) is 0 Å². The van der Waals surface area contributed by atoms with E-state index >= 15 is 0 Å². The molecular weight excluding hydrogens is 307 g/mol. The van der Waals surface area contributed by atoms with Crippen LogP contribution in [0.15, 0.2) is 12.2 Å². The topological polar surface area (TPSA) is 0 Å². The van der Waals surface area contributed by atoms with Crippen LogP contribution in [-0.4, -0.2) is 4.43 Å². The molecule has 1 heteroatoms. The predicted octanol–water partition coefficient (Wildman–Crippen LogP) is 5.22.